The van der Waals surface area contributed by atoms with Crippen LogP contribution in [-0.4, -0.2) is 17.9 Å². The Morgan fingerprint density at radius 2 is 2.27 bits per heavy atom. The van der Waals surface area contributed by atoms with Crippen LogP contribution in [0.25, 0.3) is 11.3 Å². The molecule has 2 aromatic heterocycles. The Balaban J connectivity index is 2.32. The molecule has 0 unspecified atom stereocenters. The third-order valence-corrected chi connectivity index (χ3v) is 2.00. The highest BCUT2D eigenvalue weighted by Crippen LogP contribution is 2.20. The summed E-state index contributed by atoms with van der Waals surface area (Å²) < 4.78 is 5.37. The molecule has 76 valence electrons. The first-order valence-electron chi connectivity index (χ1n) is 4.53. The van der Waals surface area contributed by atoms with Crippen molar-refractivity contribution in [2.24, 2.45) is 0 Å². The molecule has 0 aromatic carbocycles. The SMILES string of the molecule is CNC(=O)c1ccc(-c2cccnc2)o1. The van der Waals surface area contributed by atoms with Crippen LogP contribution >= 0.6 is 0 Å². The zero-order valence-electron chi connectivity index (χ0n) is 8.23. The van der Waals surface area contributed by atoms with Crippen molar-refractivity contribution in [2.45, 2.75) is 0 Å². The van der Waals surface area contributed by atoms with Gasteiger partial charge in [-0.2, -0.15) is 0 Å². The summed E-state index contributed by atoms with van der Waals surface area (Å²) in [5, 5.41) is 2.50. The molecule has 0 bridgehead atoms. The van der Waals surface area contributed by atoms with E-state index in [2.05, 4.69) is 10.3 Å². The van der Waals surface area contributed by atoms with Crippen LogP contribution in [0.15, 0.2) is 41.1 Å². The van der Waals surface area contributed by atoms with Gasteiger partial charge in [-0.15, -0.1) is 0 Å². The molecule has 2 aromatic rings. The lowest BCUT2D eigenvalue weighted by Crippen LogP contribution is -2.16. The third-order valence-electron chi connectivity index (χ3n) is 2.00. The van der Waals surface area contributed by atoms with Gasteiger partial charge in [0.2, 0.25) is 0 Å². The minimum absolute atomic E-state index is 0.231. The molecule has 15 heavy (non-hydrogen) atoms. The summed E-state index contributed by atoms with van der Waals surface area (Å²) in [6.45, 7) is 0. The quantitative estimate of drug-likeness (QED) is 0.806. The molecule has 0 aliphatic heterocycles. The van der Waals surface area contributed by atoms with E-state index in [1.165, 1.54) is 0 Å². The Bertz CT molecular complexity index is 462. The van der Waals surface area contributed by atoms with Crippen LogP contribution in [0.2, 0.25) is 0 Å². The van der Waals surface area contributed by atoms with E-state index in [0.717, 1.165) is 5.56 Å². The molecule has 4 heteroatoms. The molecular weight excluding hydrogens is 192 g/mol. The van der Waals surface area contributed by atoms with Crippen LogP contribution in [0, 0.1) is 0 Å². The molecule has 0 spiro atoms. The summed E-state index contributed by atoms with van der Waals surface area (Å²) in [4.78, 5) is 15.2. The Labute approximate surface area is 86.9 Å². The number of hydrogen-bond donors (Lipinski definition) is 1. The van der Waals surface area contributed by atoms with Gasteiger partial charge in [0.25, 0.3) is 5.91 Å². The lowest BCUT2D eigenvalue weighted by Gasteiger charge is -1.95. The predicted molar refractivity (Wildman–Crippen MR) is 55.3 cm³/mol. The fraction of sp³-hybridized carbons (Fsp3) is 0.0909. The fourth-order valence-electron chi connectivity index (χ4n) is 1.25. The number of amides is 1. The van der Waals surface area contributed by atoms with Crippen LogP contribution < -0.4 is 5.32 Å². The van der Waals surface area contributed by atoms with Crippen LogP contribution in [0.3, 0.4) is 0 Å². The van der Waals surface area contributed by atoms with Gasteiger partial charge in [0.15, 0.2) is 5.76 Å². The van der Waals surface area contributed by atoms with Gasteiger partial charge < -0.3 is 9.73 Å². The standard InChI is InChI=1S/C11H10N2O2/c1-12-11(14)10-5-4-9(15-10)8-3-2-6-13-7-8/h2-7H,1H3,(H,12,14). The minimum Gasteiger partial charge on any atom is -0.451 e. The van der Waals surface area contributed by atoms with Crippen LogP contribution in [0.1, 0.15) is 10.6 Å². The van der Waals surface area contributed by atoms with Gasteiger partial charge >= 0.3 is 0 Å². The van der Waals surface area contributed by atoms with E-state index in [4.69, 9.17) is 4.42 Å². The number of carbonyl (C=O) groups is 1. The Kier molecular flexibility index (Phi) is 2.49. The van der Waals surface area contributed by atoms with Crippen molar-refractivity contribution in [1.82, 2.24) is 10.3 Å². The molecule has 0 saturated carbocycles. The second-order valence-electron chi connectivity index (χ2n) is 2.98. The Hall–Kier alpha value is -2.10. The van der Waals surface area contributed by atoms with Gasteiger partial charge in [-0.05, 0) is 24.3 Å². The monoisotopic (exact) mass is 202 g/mol. The molecule has 0 saturated heterocycles. The van der Waals surface area contributed by atoms with E-state index in [0.29, 0.717) is 11.5 Å². The topological polar surface area (TPSA) is 55.1 Å². The molecule has 0 radical (unpaired) electrons. The van der Waals surface area contributed by atoms with E-state index >= 15 is 0 Å². The summed E-state index contributed by atoms with van der Waals surface area (Å²) >= 11 is 0. The molecule has 1 N–H and O–H groups in total. The van der Waals surface area contributed by atoms with Gasteiger partial charge in [0.05, 0.1) is 0 Å². The summed E-state index contributed by atoms with van der Waals surface area (Å²) in [5.41, 5.74) is 0.854. The van der Waals surface area contributed by atoms with E-state index in [-0.39, 0.29) is 5.91 Å². The minimum atomic E-state index is -0.231. The number of nitrogens with one attached hydrogen (secondary N) is 1. The van der Waals surface area contributed by atoms with Crippen molar-refractivity contribution in [2.75, 3.05) is 7.05 Å². The normalized spacial score (nSPS) is 9.93. The van der Waals surface area contributed by atoms with Gasteiger partial charge in [0.1, 0.15) is 5.76 Å². The maximum Gasteiger partial charge on any atom is 0.286 e. The van der Waals surface area contributed by atoms with Gasteiger partial charge in [-0.25, -0.2) is 0 Å². The lowest BCUT2D eigenvalue weighted by molar-refractivity contribution is 0.0936. The zero-order chi connectivity index (χ0) is 10.7. The average molecular weight is 202 g/mol. The molecular formula is C11H10N2O2. The van der Waals surface area contributed by atoms with Crippen LogP contribution in [0.5, 0.6) is 0 Å². The van der Waals surface area contributed by atoms with Crippen molar-refractivity contribution in [3.63, 3.8) is 0 Å². The summed E-state index contributed by atoms with van der Waals surface area (Å²) in [5.74, 6) is 0.711. The second kappa shape index (κ2) is 3.96. The fourth-order valence-corrected chi connectivity index (χ4v) is 1.25. The number of rotatable bonds is 2. The van der Waals surface area contributed by atoms with Crippen molar-refractivity contribution >= 4 is 5.91 Å². The van der Waals surface area contributed by atoms with Crippen LogP contribution in [-0.2, 0) is 0 Å². The highest BCUT2D eigenvalue weighted by Gasteiger charge is 2.09. The summed E-state index contributed by atoms with van der Waals surface area (Å²) in [7, 11) is 1.56. The van der Waals surface area contributed by atoms with E-state index in [1.807, 2.05) is 12.1 Å². The molecule has 0 atom stereocenters. The van der Waals surface area contributed by atoms with Crippen LogP contribution in [0.4, 0.5) is 0 Å². The van der Waals surface area contributed by atoms with E-state index in [1.54, 1.807) is 31.6 Å². The van der Waals surface area contributed by atoms with Crippen molar-refractivity contribution < 1.29 is 9.21 Å². The first-order valence-corrected chi connectivity index (χ1v) is 4.53. The highest BCUT2D eigenvalue weighted by molar-refractivity contribution is 5.91. The summed E-state index contributed by atoms with van der Waals surface area (Å²) in [6, 6.07) is 7.08. The number of pyridine rings is 1. The maximum atomic E-state index is 11.2. The third kappa shape index (κ3) is 1.88. The first kappa shape index (κ1) is 9.45. The number of carbonyl (C=O) groups excluding carboxylic acids is 1. The number of furan rings is 1. The summed E-state index contributed by atoms with van der Waals surface area (Å²) in [6.07, 6.45) is 3.37. The van der Waals surface area contributed by atoms with Gasteiger partial charge in [0, 0.05) is 25.0 Å². The van der Waals surface area contributed by atoms with Crippen molar-refractivity contribution in [3.8, 4) is 11.3 Å². The van der Waals surface area contributed by atoms with Crippen molar-refractivity contribution in [3.05, 3.63) is 42.4 Å². The highest BCUT2D eigenvalue weighted by atomic mass is 16.3. The van der Waals surface area contributed by atoms with Crippen molar-refractivity contribution in [1.29, 1.82) is 0 Å². The number of hydrogen-bond acceptors (Lipinski definition) is 3. The number of aromatic nitrogens is 1. The van der Waals surface area contributed by atoms with Gasteiger partial charge in [-0.3, -0.25) is 9.78 Å². The molecule has 0 aliphatic carbocycles. The molecule has 0 fully saturated rings. The molecule has 1 amide bonds. The molecule has 2 heterocycles. The smallest absolute Gasteiger partial charge is 0.286 e. The van der Waals surface area contributed by atoms with E-state index in [9.17, 15) is 4.79 Å². The lowest BCUT2D eigenvalue weighted by atomic mass is 10.2. The second-order valence-corrected chi connectivity index (χ2v) is 2.98. The predicted octanol–water partition coefficient (Wildman–Crippen LogP) is 1.70. The van der Waals surface area contributed by atoms with E-state index < -0.39 is 0 Å². The first-order chi connectivity index (χ1) is 7.31. The average Bonchev–Trinajstić information content (AvgIpc) is 2.78. The Morgan fingerprint density at radius 1 is 1.40 bits per heavy atom. The number of nitrogens with zero attached hydrogens (tertiary/aromatic N) is 1. The zero-order valence-corrected chi connectivity index (χ0v) is 8.23. The Morgan fingerprint density at radius 3 is 2.93 bits per heavy atom. The molecule has 0 aliphatic rings. The molecule has 2 rings (SSSR count). The largest absolute Gasteiger partial charge is 0.451 e. The molecule has 4 nitrogen and oxygen atoms in total. The maximum absolute atomic E-state index is 11.2. The van der Waals surface area contributed by atoms with Gasteiger partial charge in [-0.1, -0.05) is 0 Å².